The van der Waals surface area contributed by atoms with Gasteiger partial charge in [-0.15, -0.1) is 0 Å². The monoisotopic (exact) mass is 531 g/mol. The van der Waals surface area contributed by atoms with Gasteiger partial charge in [0.1, 0.15) is 4.70 Å². The maximum Gasteiger partial charge on any atom is 0.294 e. The molecule has 182 valence electrons. The molecule has 0 bridgehead atoms. The zero-order chi connectivity index (χ0) is 25.4. The predicted octanol–water partition coefficient (Wildman–Crippen LogP) is 3.97. The molecule has 4 rings (SSSR count). The van der Waals surface area contributed by atoms with Crippen LogP contribution in [0.5, 0.6) is 0 Å². The molecule has 1 heterocycles. The van der Waals surface area contributed by atoms with E-state index in [0.717, 1.165) is 27.3 Å². The van der Waals surface area contributed by atoms with Crippen molar-refractivity contribution in [1.82, 2.24) is 0 Å². The molecule has 0 aliphatic heterocycles. The van der Waals surface area contributed by atoms with Crippen molar-refractivity contribution in [2.45, 2.75) is 16.3 Å². The first kappa shape index (κ1) is 25.0. The Kier molecular flexibility index (Phi) is 6.80. The van der Waals surface area contributed by atoms with Crippen LogP contribution < -0.4 is 9.47 Å². The number of thiazole rings is 1. The summed E-state index contributed by atoms with van der Waals surface area (Å²) in [6.07, 6.45) is 3.88. The minimum absolute atomic E-state index is 0.189. The van der Waals surface area contributed by atoms with Gasteiger partial charge in [-0.3, -0.25) is 9.11 Å². The lowest BCUT2D eigenvalue weighted by molar-refractivity contribution is -0.659. The van der Waals surface area contributed by atoms with E-state index < -0.39 is 20.2 Å². The summed E-state index contributed by atoms with van der Waals surface area (Å²) in [4.78, 5) is 1.62. The molecule has 8 nitrogen and oxygen atoms in total. The van der Waals surface area contributed by atoms with Crippen LogP contribution in [-0.2, 0) is 26.8 Å². The summed E-state index contributed by atoms with van der Waals surface area (Å²) in [7, 11) is -4.70. The van der Waals surface area contributed by atoms with Crippen molar-refractivity contribution in [3.63, 3.8) is 0 Å². The van der Waals surface area contributed by atoms with Gasteiger partial charge in [0, 0.05) is 37.5 Å². The number of nitrogens with zero attached hydrogens (tertiary/aromatic N) is 2. The van der Waals surface area contributed by atoms with E-state index in [9.17, 15) is 25.9 Å². The summed E-state index contributed by atoms with van der Waals surface area (Å²) < 4.78 is 67.3. The lowest BCUT2D eigenvalue weighted by atomic mass is 10.2. The highest BCUT2D eigenvalue weighted by molar-refractivity contribution is 7.86. The van der Waals surface area contributed by atoms with Gasteiger partial charge in [-0.2, -0.15) is 21.4 Å². The molecule has 0 saturated carbocycles. The Morgan fingerprint density at radius 1 is 0.829 bits per heavy atom. The second-order valence-corrected chi connectivity index (χ2v) is 12.0. The molecule has 0 aliphatic rings. The molecule has 0 amide bonds. The summed E-state index contributed by atoms with van der Waals surface area (Å²) in [5.74, 6) is 0. The Labute approximate surface area is 207 Å². The van der Waals surface area contributed by atoms with Crippen LogP contribution in [0.25, 0.3) is 22.4 Å². The van der Waals surface area contributed by atoms with Crippen LogP contribution in [0.4, 0.5) is 5.69 Å². The standard InChI is InChI=1S/C24H22N2O6S3/c1-25(2)19-8-3-17(4-9-19)7-14-24-26(16-18-5-10-20(11-6-18)34(27,28)29)22-13-12-21(35(30,31)32)15-23(22)33-24/h3-15H,16H2,1-2H3,(H-,27,28,29,30,31,32)/p+1. The number of hydrogen-bond donors (Lipinski definition) is 2. The zero-order valence-electron chi connectivity index (χ0n) is 18.9. The van der Waals surface area contributed by atoms with Crippen LogP contribution >= 0.6 is 11.3 Å². The smallest absolute Gasteiger partial charge is 0.294 e. The molecule has 0 fully saturated rings. The average Bonchev–Trinajstić information content (AvgIpc) is 3.13. The van der Waals surface area contributed by atoms with Crippen molar-refractivity contribution in [2.24, 2.45) is 0 Å². The number of hydrogen-bond acceptors (Lipinski definition) is 6. The molecular formula is C24H23N2O6S3+. The van der Waals surface area contributed by atoms with E-state index >= 15 is 0 Å². The second-order valence-electron chi connectivity index (χ2n) is 8.07. The van der Waals surface area contributed by atoms with Gasteiger partial charge in [0.15, 0.2) is 6.54 Å². The molecule has 0 unspecified atom stereocenters. The molecule has 4 aromatic rings. The van der Waals surface area contributed by atoms with Gasteiger partial charge in [0.25, 0.3) is 25.2 Å². The zero-order valence-corrected chi connectivity index (χ0v) is 21.3. The van der Waals surface area contributed by atoms with Crippen molar-refractivity contribution in [1.29, 1.82) is 0 Å². The Hall–Kier alpha value is -3.09. The molecule has 0 saturated heterocycles. The quantitative estimate of drug-likeness (QED) is 0.274. The third-order valence-electron chi connectivity index (χ3n) is 5.39. The maximum absolute atomic E-state index is 11.6. The first-order valence-corrected chi connectivity index (χ1v) is 14.1. The summed E-state index contributed by atoms with van der Waals surface area (Å²) in [6.45, 7) is 0.371. The van der Waals surface area contributed by atoms with E-state index in [1.807, 2.05) is 60.0 Å². The van der Waals surface area contributed by atoms with Crippen LogP contribution in [-0.4, -0.2) is 40.0 Å². The molecule has 0 aliphatic carbocycles. The van der Waals surface area contributed by atoms with Crippen molar-refractivity contribution >= 4 is 59.6 Å². The van der Waals surface area contributed by atoms with Crippen LogP contribution in [0.15, 0.2) is 76.5 Å². The van der Waals surface area contributed by atoms with Gasteiger partial charge < -0.3 is 4.90 Å². The van der Waals surface area contributed by atoms with Crippen molar-refractivity contribution in [3.05, 3.63) is 82.9 Å². The second kappa shape index (κ2) is 9.51. The molecule has 0 spiro atoms. The van der Waals surface area contributed by atoms with Gasteiger partial charge in [-0.25, -0.2) is 0 Å². The highest BCUT2D eigenvalue weighted by atomic mass is 32.2. The number of fused-ring (bicyclic) bond motifs is 1. The Balaban J connectivity index is 1.76. The van der Waals surface area contributed by atoms with Crippen molar-refractivity contribution in [3.8, 4) is 0 Å². The van der Waals surface area contributed by atoms with E-state index in [1.165, 1.54) is 35.6 Å². The van der Waals surface area contributed by atoms with Gasteiger partial charge in [0.2, 0.25) is 5.52 Å². The fourth-order valence-electron chi connectivity index (χ4n) is 3.53. The first-order valence-electron chi connectivity index (χ1n) is 10.4. The number of anilines is 1. The van der Waals surface area contributed by atoms with Crippen LogP contribution in [0, 0.1) is 0 Å². The highest BCUT2D eigenvalue weighted by Crippen LogP contribution is 2.26. The largest absolute Gasteiger partial charge is 0.378 e. The van der Waals surface area contributed by atoms with Crippen LogP contribution in [0.2, 0.25) is 0 Å². The highest BCUT2D eigenvalue weighted by Gasteiger charge is 2.22. The van der Waals surface area contributed by atoms with E-state index in [0.29, 0.717) is 11.2 Å². The Morgan fingerprint density at radius 2 is 1.43 bits per heavy atom. The molecule has 2 N–H and O–H groups in total. The summed E-state index contributed by atoms with van der Waals surface area (Å²) >= 11 is 1.36. The first-order chi connectivity index (χ1) is 16.4. The van der Waals surface area contributed by atoms with Gasteiger partial charge >= 0.3 is 0 Å². The molecule has 35 heavy (non-hydrogen) atoms. The molecular weight excluding hydrogens is 508 g/mol. The number of benzene rings is 3. The van der Waals surface area contributed by atoms with E-state index in [2.05, 4.69) is 0 Å². The van der Waals surface area contributed by atoms with Gasteiger partial charge in [0.05, 0.1) is 9.79 Å². The van der Waals surface area contributed by atoms with Crippen LogP contribution in [0.3, 0.4) is 0 Å². The number of aromatic nitrogens is 1. The van der Waals surface area contributed by atoms with Crippen LogP contribution in [0.1, 0.15) is 16.1 Å². The van der Waals surface area contributed by atoms with Gasteiger partial charge in [-0.05, 0) is 48.0 Å². The summed E-state index contributed by atoms with van der Waals surface area (Å²) in [5.41, 5.74) is 3.59. The van der Waals surface area contributed by atoms with E-state index in [1.54, 1.807) is 18.2 Å². The molecule has 3 aromatic carbocycles. The van der Waals surface area contributed by atoms with Crippen molar-refractivity contribution in [2.75, 3.05) is 19.0 Å². The molecule has 1 aromatic heterocycles. The summed E-state index contributed by atoms with van der Waals surface area (Å²) in [5, 5.41) is 0.822. The minimum Gasteiger partial charge on any atom is -0.378 e. The fraction of sp³-hybridized carbons (Fsp3) is 0.125. The Bertz CT molecular complexity index is 1620. The maximum atomic E-state index is 11.6. The van der Waals surface area contributed by atoms with Gasteiger partial charge in [-0.1, -0.05) is 35.6 Å². The molecule has 0 radical (unpaired) electrons. The lowest BCUT2D eigenvalue weighted by Crippen LogP contribution is -2.35. The number of rotatable bonds is 7. The topological polar surface area (TPSA) is 116 Å². The molecule has 0 atom stereocenters. The SMILES string of the molecule is CN(C)c1ccc(C=Cc2sc3cc(S(=O)(=O)O)ccc3[n+]2Cc2ccc(S(=O)(=O)O)cc2)cc1. The summed E-state index contributed by atoms with van der Waals surface area (Å²) in [6, 6.07) is 18.3. The normalized spacial score (nSPS) is 12.5. The third kappa shape index (κ3) is 5.77. The lowest BCUT2D eigenvalue weighted by Gasteiger charge is -2.11. The van der Waals surface area contributed by atoms with E-state index in [4.69, 9.17) is 0 Å². The van der Waals surface area contributed by atoms with E-state index in [-0.39, 0.29) is 9.79 Å². The third-order valence-corrected chi connectivity index (χ3v) is 8.22. The Morgan fingerprint density at radius 3 is 2.00 bits per heavy atom. The van der Waals surface area contributed by atoms with Crippen molar-refractivity contribution < 1.29 is 30.5 Å². The molecule has 11 heteroatoms. The fourth-order valence-corrected chi connectivity index (χ4v) is 5.70. The minimum atomic E-state index is -4.35. The average molecular weight is 532 g/mol. The predicted molar refractivity (Wildman–Crippen MR) is 137 cm³/mol.